The third-order valence-corrected chi connectivity index (χ3v) is 1.36. The number of benzene rings is 1. The molecule has 6 heteroatoms. The second kappa shape index (κ2) is 8.79. The minimum atomic E-state index is -2.84. The van der Waals surface area contributed by atoms with Crippen LogP contribution in [0.4, 0.5) is 0 Å². The van der Waals surface area contributed by atoms with Gasteiger partial charge in [0, 0.05) is 0 Å². The van der Waals surface area contributed by atoms with E-state index in [9.17, 15) is 4.57 Å². The summed E-state index contributed by atoms with van der Waals surface area (Å²) in [6.45, 7) is 0. The van der Waals surface area contributed by atoms with Crippen molar-refractivity contribution in [1.29, 1.82) is 0 Å². The molecule has 1 N–H and O–H groups in total. The molecule has 12 heavy (non-hydrogen) atoms. The van der Waals surface area contributed by atoms with Crippen molar-refractivity contribution >= 4 is 67.4 Å². The Bertz CT molecular complexity index is 229. The van der Waals surface area contributed by atoms with Crippen LogP contribution in [0.1, 0.15) is 0 Å². The van der Waals surface area contributed by atoms with E-state index in [1.807, 2.05) is 0 Å². The van der Waals surface area contributed by atoms with Gasteiger partial charge in [-0.05, 0) is 12.1 Å². The Morgan fingerprint density at radius 1 is 1.17 bits per heavy atom. The Morgan fingerprint density at radius 3 is 2.08 bits per heavy atom. The molecule has 58 valence electrons. The molecular formula is C6H9Na2O3P. The molecule has 0 saturated heterocycles. The molecule has 1 rings (SSSR count). The summed E-state index contributed by atoms with van der Waals surface area (Å²) in [6.07, 6.45) is 0. The summed E-state index contributed by atoms with van der Waals surface area (Å²) in [7, 11) is -2.84. The van der Waals surface area contributed by atoms with Crippen molar-refractivity contribution in [1.82, 2.24) is 0 Å². The van der Waals surface area contributed by atoms with Crippen molar-refractivity contribution in [3.05, 3.63) is 30.3 Å². The molecule has 0 aliphatic heterocycles. The summed E-state index contributed by atoms with van der Waals surface area (Å²) < 4.78 is 14.6. The molecule has 1 aromatic carbocycles. The van der Waals surface area contributed by atoms with Gasteiger partial charge in [-0.25, -0.2) is 4.57 Å². The summed E-state index contributed by atoms with van der Waals surface area (Å²) in [6, 6.07) is 8.53. The van der Waals surface area contributed by atoms with E-state index in [1.165, 1.54) is 0 Å². The van der Waals surface area contributed by atoms with Crippen molar-refractivity contribution in [2.24, 2.45) is 0 Å². The Balaban J connectivity index is 0. The molecule has 0 spiro atoms. The third-order valence-electron chi connectivity index (χ3n) is 0.948. The van der Waals surface area contributed by atoms with Gasteiger partial charge < -0.3 is 9.42 Å². The zero-order chi connectivity index (χ0) is 7.40. The minimum absolute atomic E-state index is 0. The fourth-order valence-corrected chi connectivity index (χ4v) is 0.927. The van der Waals surface area contributed by atoms with E-state index < -0.39 is 8.25 Å². The van der Waals surface area contributed by atoms with Crippen molar-refractivity contribution < 1.29 is 14.0 Å². The van der Waals surface area contributed by atoms with Crippen LogP contribution in [0.2, 0.25) is 0 Å². The number of hydrogen-bond donors (Lipinski definition) is 1. The van der Waals surface area contributed by atoms with Crippen molar-refractivity contribution in [2.45, 2.75) is 0 Å². The molecule has 0 heterocycles. The maximum absolute atomic E-state index is 10.1. The second-order valence-electron chi connectivity index (χ2n) is 1.68. The van der Waals surface area contributed by atoms with Crippen molar-refractivity contribution in [3.8, 4) is 5.75 Å². The van der Waals surface area contributed by atoms with Gasteiger partial charge in [0.05, 0.1) is 0 Å². The molecule has 1 atom stereocenters. The molecule has 1 aromatic rings. The first-order valence-corrected chi connectivity index (χ1v) is 4.01. The van der Waals surface area contributed by atoms with Crippen LogP contribution in [0.25, 0.3) is 0 Å². The van der Waals surface area contributed by atoms with Crippen LogP contribution in [0, 0.1) is 0 Å². The zero-order valence-corrected chi connectivity index (χ0v) is 6.15. The van der Waals surface area contributed by atoms with Gasteiger partial charge in [0.25, 0.3) is 0 Å². The Labute approximate surface area is 116 Å². The van der Waals surface area contributed by atoms with Crippen LogP contribution in [0.15, 0.2) is 30.3 Å². The predicted molar refractivity (Wildman–Crippen MR) is 52.6 cm³/mol. The monoisotopic (exact) mass is 206 g/mol. The van der Waals surface area contributed by atoms with Crippen LogP contribution in [0.3, 0.4) is 0 Å². The van der Waals surface area contributed by atoms with Gasteiger partial charge in [-0.3, -0.25) is 0 Å². The molecule has 3 nitrogen and oxygen atoms in total. The van der Waals surface area contributed by atoms with E-state index in [1.54, 1.807) is 30.3 Å². The van der Waals surface area contributed by atoms with Crippen LogP contribution >= 0.6 is 8.25 Å². The fraction of sp³-hybridized carbons (Fsp3) is 0. The SMILES string of the molecule is O=[PH](O)Oc1ccccc1.[NaH].[NaH]. The summed E-state index contributed by atoms with van der Waals surface area (Å²) in [5.41, 5.74) is 0. The van der Waals surface area contributed by atoms with Crippen LogP contribution < -0.4 is 4.52 Å². The van der Waals surface area contributed by atoms with Gasteiger partial charge in [-0.1, -0.05) is 18.2 Å². The van der Waals surface area contributed by atoms with Crippen molar-refractivity contribution in [2.75, 3.05) is 0 Å². The van der Waals surface area contributed by atoms with Gasteiger partial charge in [0.1, 0.15) is 5.75 Å². The van der Waals surface area contributed by atoms with Crippen LogP contribution in [-0.2, 0) is 4.57 Å². The Morgan fingerprint density at radius 2 is 1.67 bits per heavy atom. The molecule has 0 bridgehead atoms. The Hall–Kier alpha value is 1.21. The third kappa shape index (κ3) is 6.70. The van der Waals surface area contributed by atoms with E-state index in [2.05, 4.69) is 4.52 Å². The first-order chi connectivity index (χ1) is 4.79. The van der Waals surface area contributed by atoms with Gasteiger partial charge in [0.2, 0.25) is 0 Å². The molecule has 0 aliphatic carbocycles. The molecular weight excluding hydrogens is 197 g/mol. The normalized spacial score (nSPS) is 10.4. The molecule has 0 aromatic heterocycles. The first kappa shape index (κ1) is 15.7. The topological polar surface area (TPSA) is 46.5 Å². The average Bonchev–Trinajstić information content (AvgIpc) is 1.88. The van der Waals surface area contributed by atoms with Crippen LogP contribution in [-0.4, -0.2) is 64.0 Å². The second-order valence-corrected chi connectivity index (χ2v) is 2.42. The maximum atomic E-state index is 10.1. The number of para-hydroxylation sites is 1. The van der Waals surface area contributed by atoms with E-state index in [0.717, 1.165) is 0 Å². The molecule has 0 radical (unpaired) electrons. The van der Waals surface area contributed by atoms with Crippen molar-refractivity contribution in [3.63, 3.8) is 0 Å². The van der Waals surface area contributed by atoms with E-state index in [-0.39, 0.29) is 59.1 Å². The van der Waals surface area contributed by atoms with E-state index >= 15 is 0 Å². The predicted octanol–water partition coefficient (Wildman–Crippen LogP) is 0.150. The van der Waals surface area contributed by atoms with Crippen LogP contribution in [0.5, 0.6) is 5.75 Å². The standard InChI is InChI=1S/C6H7O3P.2Na.2H/c7-10(8)9-6-4-2-1-3-5-6;;;;/h1-5,10H,(H,7,8);;;;. The molecule has 1 unspecified atom stereocenters. The summed E-state index contributed by atoms with van der Waals surface area (Å²) in [4.78, 5) is 8.33. The molecule has 0 amide bonds. The van der Waals surface area contributed by atoms with E-state index in [4.69, 9.17) is 4.89 Å². The number of rotatable bonds is 2. The fourth-order valence-electron chi connectivity index (χ4n) is 0.589. The molecule has 0 fully saturated rings. The van der Waals surface area contributed by atoms with Gasteiger partial charge in [-0.15, -0.1) is 0 Å². The van der Waals surface area contributed by atoms with Gasteiger partial charge in [-0.2, -0.15) is 0 Å². The number of hydrogen-bond acceptors (Lipinski definition) is 2. The Kier molecular flexibility index (Phi) is 11.5. The van der Waals surface area contributed by atoms with Gasteiger partial charge >= 0.3 is 67.4 Å². The zero-order valence-electron chi connectivity index (χ0n) is 5.15. The van der Waals surface area contributed by atoms with Gasteiger partial charge in [0.15, 0.2) is 0 Å². The van der Waals surface area contributed by atoms with E-state index in [0.29, 0.717) is 5.75 Å². The average molecular weight is 206 g/mol. The molecule has 0 saturated carbocycles. The summed E-state index contributed by atoms with van der Waals surface area (Å²) >= 11 is 0. The summed E-state index contributed by atoms with van der Waals surface area (Å²) in [5, 5.41) is 0. The quantitative estimate of drug-likeness (QED) is 0.553. The molecule has 0 aliphatic rings. The summed E-state index contributed by atoms with van der Waals surface area (Å²) in [5.74, 6) is 0.425. The first-order valence-electron chi connectivity index (χ1n) is 2.75.